The van der Waals surface area contributed by atoms with E-state index in [0.29, 0.717) is 11.4 Å². The summed E-state index contributed by atoms with van der Waals surface area (Å²) in [6.45, 7) is 4.64. The van der Waals surface area contributed by atoms with Crippen molar-refractivity contribution in [1.82, 2.24) is 24.5 Å². The lowest BCUT2D eigenvalue weighted by Gasteiger charge is -2.24. The van der Waals surface area contributed by atoms with E-state index in [1.54, 1.807) is 57.0 Å². The lowest BCUT2D eigenvalue weighted by molar-refractivity contribution is -0.145. The number of carbonyl (C=O) groups is 1. The van der Waals surface area contributed by atoms with Crippen molar-refractivity contribution in [2.45, 2.75) is 32.5 Å². The van der Waals surface area contributed by atoms with Crippen LogP contribution >= 0.6 is 0 Å². The Morgan fingerprint density at radius 1 is 0.973 bits per heavy atom. The Bertz CT molecular complexity index is 1440. The van der Waals surface area contributed by atoms with E-state index >= 15 is 0 Å². The second kappa shape index (κ2) is 9.56. The van der Waals surface area contributed by atoms with Crippen LogP contribution in [0.1, 0.15) is 26.5 Å². The van der Waals surface area contributed by atoms with Gasteiger partial charge in [-0.1, -0.05) is 0 Å². The second-order valence-corrected chi connectivity index (χ2v) is 9.09. The zero-order valence-corrected chi connectivity index (χ0v) is 20.3. The molecule has 3 aromatic heterocycles. The Labute approximate surface area is 209 Å². The average molecular weight is 517 g/mol. The normalized spacial score (nSPS) is 11.9. The van der Waals surface area contributed by atoms with Crippen molar-refractivity contribution in [3.8, 4) is 22.8 Å². The monoisotopic (exact) mass is 517 g/mol. The lowest BCUT2D eigenvalue weighted by Crippen LogP contribution is -2.30. The van der Waals surface area contributed by atoms with Gasteiger partial charge in [-0.05, 0) is 39.0 Å². The zero-order chi connectivity index (χ0) is 27.0. The van der Waals surface area contributed by atoms with Gasteiger partial charge < -0.3 is 15.4 Å². The Balaban J connectivity index is 1.47. The zero-order valence-electron chi connectivity index (χ0n) is 20.3. The van der Waals surface area contributed by atoms with Crippen LogP contribution < -0.4 is 15.4 Å². The van der Waals surface area contributed by atoms with Crippen molar-refractivity contribution in [3.05, 3.63) is 66.6 Å². The van der Waals surface area contributed by atoms with Crippen molar-refractivity contribution in [2.24, 2.45) is 7.05 Å². The number of nitrogens with zero attached hydrogens (tertiary/aromatic N) is 5. The number of hydrogen-bond donors (Lipinski definition) is 2. The predicted octanol–water partition coefficient (Wildman–Crippen LogP) is 6.03. The molecule has 0 spiro atoms. The topological polar surface area (TPSA) is 98.9 Å². The van der Waals surface area contributed by atoms with Crippen LogP contribution in [-0.4, -0.2) is 30.6 Å². The molecule has 0 saturated carbocycles. The molecular formula is C24H23F4N7O2. The SMILES string of the molecule is Cn1cc(-c2cc(Oc3ccc(NC(=O)Nc4cnn(C(C)(C)C)c4C(F)(F)F)c(F)c3)ccn2)cn1. The number of alkyl halides is 3. The fraction of sp³-hybridized carbons (Fsp3) is 0.250. The number of carbonyl (C=O) groups excluding carboxylic acids is 1. The van der Waals surface area contributed by atoms with Crippen LogP contribution in [0, 0.1) is 5.82 Å². The van der Waals surface area contributed by atoms with Crippen LogP contribution in [0.4, 0.5) is 33.7 Å². The number of pyridine rings is 1. The molecule has 13 heteroatoms. The third-order valence-electron chi connectivity index (χ3n) is 5.08. The minimum absolute atomic E-state index is 0.137. The van der Waals surface area contributed by atoms with Gasteiger partial charge in [0.05, 0.1) is 35.0 Å². The summed E-state index contributed by atoms with van der Waals surface area (Å²) in [5, 5.41) is 12.2. The van der Waals surface area contributed by atoms with Crippen LogP contribution in [0.5, 0.6) is 11.5 Å². The lowest BCUT2D eigenvalue weighted by atomic mass is 10.1. The Morgan fingerprint density at radius 3 is 2.30 bits per heavy atom. The number of aromatic nitrogens is 5. The Kier molecular flexibility index (Phi) is 6.63. The summed E-state index contributed by atoms with van der Waals surface area (Å²) in [5.74, 6) is -0.324. The van der Waals surface area contributed by atoms with E-state index in [4.69, 9.17) is 4.74 Å². The second-order valence-electron chi connectivity index (χ2n) is 9.09. The summed E-state index contributed by atoms with van der Waals surface area (Å²) in [5.41, 5.74) is -1.55. The van der Waals surface area contributed by atoms with E-state index in [2.05, 4.69) is 25.8 Å². The third kappa shape index (κ3) is 5.88. The molecule has 2 amide bonds. The van der Waals surface area contributed by atoms with Crippen LogP contribution in [0.3, 0.4) is 0 Å². The van der Waals surface area contributed by atoms with E-state index in [1.807, 2.05) is 0 Å². The first kappa shape index (κ1) is 25.7. The highest BCUT2D eigenvalue weighted by Gasteiger charge is 2.41. The first-order valence-electron chi connectivity index (χ1n) is 11.0. The van der Waals surface area contributed by atoms with Gasteiger partial charge in [0.2, 0.25) is 0 Å². The predicted molar refractivity (Wildman–Crippen MR) is 128 cm³/mol. The fourth-order valence-corrected chi connectivity index (χ4v) is 3.48. The van der Waals surface area contributed by atoms with Crippen molar-refractivity contribution < 1.29 is 27.1 Å². The fourth-order valence-electron chi connectivity index (χ4n) is 3.48. The molecule has 0 fully saturated rings. The molecule has 37 heavy (non-hydrogen) atoms. The maximum Gasteiger partial charge on any atom is 0.435 e. The number of ether oxygens (including phenoxy) is 1. The highest BCUT2D eigenvalue weighted by Crippen LogP contribution is 2.37. The average Bonchev–Trinajstić information content (AvgIpc) is 3.42. The Hall–Kier alpha value is -4.42. The van der Waals surface area contributed by atoms with Crippen LogP contribution in [0.2, 0.25) is 0 Å². The number of aryl methyl sites for hydroxylation is 1. The third-order valence-corrected chi connectivity index (χ3v) is 5.08. The number of halogens is 4. The van der Waals surface area contributed by atoms with E-state index < -0.39 is 34.9 Å². The molecule has 0 aliphatic carbocycles. The molecule has 4 aromatic rings. The molecule has 0 saturated heterocycles. The molecule has 1 aromatic carbocycles. The molecule has 0 aliphatic heterocycles. The summed E-state index contributed by atoms with van der Waals surface area (Å²) in [6.07, 6.45) is 1.08. The van der Waals surface area contributed by atoms with Gasteiger partial charge in [-0.2, -0.15) is 23.4 Å². The van der Waals surface area contributed by atoms with Gasteiger partial charge >= 0.3 is 12.2 Å². The van der Waals surface area contributed by atoms with Gasteiger partial charge in [-0.25, -0.2) is 9.18 Å². The summed E-state index contributed by atoms with van der Waals surface area (Å²) >= 11 is 0. The number of nitrogens with one attached hydrogen (secondary N) is 2. The molecule has 2 N–H and O–H groups in total. The largest absolute Gasteiger partial charge is 0.457 e. The maximum atomic E-state index is 14.7. The van der Waals surface area contributed by atoms with Gasteiger partial charge in [0.15, 0.2) is 5.69 Å². The molecule has 0 unspecified atom stereocenters. The standard InChI is InChI=1S/C24H23F4N7O2/c1-23(2,3)35-21(24(26,27)28)20(12-31-35)33-22(36)32-18-6-5-15(9-17(18)25)37-16-7-8-29-19(10-16)14-11-30-34(4)13-14/h5-13H,1-4H3,(H2,32,33,36). The number of amides is 2. The van der Waals surface area contributed by atoms with Crippen LogP contribution in [0.15, 0.2) is 55.1 Å². The van der Waals surface area contributed by atoms with Crippen molar-refractivity contribution in [2.75, 3.05) is 10.6 Å². The van der Waals surface area contributed by atoms with Gasteiger partial charge in [0.1, 0.15) is 17.3 Å². The first-order valence-corrected chi connectivity index (χ1v) is 11.0. The van der Waals surface area contributed by atoms with Gasteiger partial charge in [0.25, 0.3) is 0 Å². The van der Waals surface area contributed by atoms with E-state index in [-0.39, 0.29) is 11.4 Å². The van der Waals surface area contributed by atoms with Gasteiger partial charge in [-0.3, -0.25) is 14.3 Å². The minimum Gasteiger partial charge on any atom is -0.457 e. The van der Waals surface area contributed by atoms with Crippen LogP contribution in [0.25, 0.3) is 11.3 Å². The smallest absolute Gasteiger partial charge is 0.435 e. The van der Waals surface area contributed by atoms with Crippen LogP contribution in [-0.2, 0) is 18.8 Å². The summed E-state index contributed by atoms with van der Waals surface area (Å²) in [4.78, 5) is 16.6. The van der Waals surface area contributed by atoms with Crippen molar-refractivity contribution >= 4 is 17.4 Å². The molecule has 0 bridgehead atoms. The number of benzene rings is 1. The summed E-state index contributed by atoms with van der Waals surface area (Å²) in [6, 6.07) is 5.86. The number of hydrogen-bond acceptors (Lipinski definition) is 5. The quantitative estimate of drug-likeness (QED) is 0.315. The number of urea groups is 1. The number of anilines is 2. The van der Waals surface area contributed by atoms with Gasteiger partial charge in [-0.15, -0.1) is 0 Å². The molecule has 0 radical (unpaired) electrons. The van der Waals surface area contributed by atoms with Crippen molar-refractivity contribution in [3.63, 3.8) is 0 Å². The van der Waals surface area contributed by atoms with E-state index in [1.165, 1.54) is 18.3 Å². The maximum absolute atomic E-state index is 14.7. The minimum atomic E-state index is -4.78. The summed E-state index contributed by atoms with van der Waals surface area (Å²) < 4.78 is 63.7. The molecule has 9 nitrogen and oxygen atoms in total. The van der Waals surface area contributed by atoms with Crippen molar-refractivity contribution in [1.29, 1.82) is 0 Å². The molecule has 0 atom stereocenters. The van der Waals surface area contributed by atoms with E-state index in [0.717, 1.165) is 22.5 Å². The Morgan fingerprint density at radius 2 is 1.68 bits per heavy atom. The number of rotatable bonds is 5. The molecular weight excluding hydrogens is 494 g/mol. The van der Waals surface area contributed by atoms with Gasteiger partial charge in [0, 0.05) is 37.1 Å². The molecule has 3 heterocycles. The first-order chi connectivity index (χ1) is 17.3. The highest BCUT2D eigenvalue weighted by atomic mass is 19.4. The molecule has 0 aliphatic rings. The molecule has 194 valence electrons. The molecule has 4 rings (SSSR count). The highest BCUT2D eigenvalue weighted by molar-refractivity contribution is 6.00. The van der Waals surface area contributed by atoms with E-state index in [9.17, 15) is 22.4 Å². The summed E-state index contributed by atoms with van der Waals surface area (Å²) in [7, 11) is 1.77.